The Balaban J connectivity index is 2.22. The lowest BCUT2D eigenvalue weighted by Gasteiger charge is -2.27. The van der Waals surface area contributed by atoms with Crippen LogP contribution < -0.4 is 4.90 Å². The van der Waals surface area contributed by atoms with Gasteiger partial charge in [0.25, 0.3) is 0 Å². The monoisotopic (exact) mass is 263 g/mol. The summed E-state index contributed by atoms with van der Waals surface area (Å²) in [6.07, 6.45) is 3.38. The predicted molar refractivity (Wildman–Crippen MR) is 76.2 cm³/mol. The largest absolute Gasteiger partial charge is 0.369 e. The number of nitrogens with zero attached hydrogens (tertiary/aromatic N) is 1. The topological polar surface area (TPSA) is 20.3 Å². The van der Waals surface area contributed by atoms with Crippen molar-refractivity contribution < 1.29 is 9.18 Å². The lowest BCUT2D eigenvalue weighted by atomic mass is 9.82. The molecule has 1 aliphatic rings. The molecule has 0 radical (unpaired) electrons. The van der Waals surface area contributed by atoms with Gasteiger partial charge in [0, 0.05) is 18.7 Å². The quantitative estimate of drug-likeness (QED) is 0.764. The molecule has 2 nitrogen and oxygen atoms in total. The minimum atomic E-state index is -0.282. The number of carbonyl (C=O) groups excluding carboxylic acids is 1. The summed E-state index contributed by atoms with van der Waals surface area (Å²) < 4.78 is 14.1. The third kappa shape index (κ3) is 2.65. The van der Waals surface area contributed by atoms with Crippen LogP contribution in [-0.2, 0) is 0 Å². The van der Waals surface area contributed by atoms with Gasteiger partial charge in [-0.3, -0.25) is 4.79 Å². The van der Waals surface area contributed by atoms with Gasteiger partial charge in [-0.1, -0.05) is 13.8 Å². The molecule has 0 aliphatic carbocycles. The Kier molecular flexibility index (Phi) is 3.93. The first-order valence-electron chi connectivity index (χ1n) is 7.07. The van der Waals surface area contributed by atoms with Crippen LogP contribution in [0, 0.1) is 11.2 Å². The van der Waals surface area contributed by atoms with Gasteiger partial charge >= 0.3 is 0 Å². The fourth-order valence-corrected chi connectivity index (χ4v) is 2.95. The molecule has 1 fully saturated rings. The second-order valence-electron chi connectivity index (χ2n) is 5.60. The molecule has 0 amide bonds. The second-order valence-corrected chi connectivity index (χ2v) is 5.60. The van der Waals surface area contributed by atoms with Crippen LogP contribution in [0.4, 0.5) is 10.1 Å². The molecule has 3 heteroatoms. The molecule has 0 aromatic heterocycles. The summed E-state index contributed by atoms with van der Waals surface area (Å²) >= 11 is 0. The normalized spacial score (nSPS) is 17.8. The second kappa shape index (κ2) is 5.32. The predicted octanol–water partition coefficient (Wildman–Crippen LogP) is 4.04. The van der Waals surface area contributed by atoms with E-state index in [1.807, 2.05) is 0 Å². The van der Waals surface area contributed by atoms with Crippen LogP contribution in [0.5, 0.6) is 0 Å². The van der Waals surface area contributed by atoms with E-state index in [-0.39, 0.29) is 11.6 Å². The van der Waals surface area contributed by atoms with Gasteiger partial charge in [-0.05, 0) is 49.8 Å². The molecule has 19 heavy (non-hydrogen) atoms. The van der Waals surface area contributed by atoms with E-state index < -0.39 is 0 Å². The van der Waals surface area contributed by atoms with Gasteiger partial charge in [0.15, 0.2) is 5.78 Å². The highest BCUT2D eigenvalue weighted by Gasteiger charge is 2.35. The van der Waals surface area contributed by atoms with Gasteiger partial charge < -0.3 is 4.90 Å². The van der Waals surface area contributed by atoms with E-state index in [0.29, 0.717) is 16.7 Å². The fraction of sp³-hybridized carbons (Fsp3) is 0.562. The molecule has 0 unspecified atom stereocenters. The van der Waals surface area contributed by atoms with Crippen molar-refractivity contribution in [3.05, 3.63) is 29.6 Å². The highest BCUT2D eigenvalue weighted by molar-refractivity contribution is 5.94. The molecule has 0 bridgehead atoms. The lowest BCUT2D eigenvalue weighted by molar-refractivity contribution is 0.101. The molecule has 104 valence electrons. The minimum Gasteiger partial charge on any atom is -0.369 e. The molecule has 1 aromatic carbocycles. The maximum Gasteiger partial charge on any atom is 0.159 e. The van der Waals surface area contributed by atoms with Gasteiger partial charge in [-0.15, -0.1) is 0 Å². The Morgan fingerprint density at radius 1 is 1.37 bits per heavy atom. The fourth-order valence-electron chi connectivity index (χ4n) is 2.95. The van der Waals surface area contributed by atoms with E-state index >= 15 is 0 Å². The molecule has 2 rings (SSSR count). The van der Waals surface area contributed by atoms with Gasteiger partial charge in [-0.2, -0.15) is 0 Å². The number of anilines is 1. The summed E-state index contributed by atoms with van der Waals surface area (Å²) in [7, 11) is 0. The first-order valence-corrected chi connectivity index (χ1v) is 7.07. The standard InChI is InChI=1S/C16H22FNO/c1-4-16(5-2)8-9-18(11-16)15-7-6-13(12(3)19)10-14(15)17/h6-7,10H,4-5,8-9,11H2,1-3H3. The first kappa shape index (κ1) is 14.0. The number of rotatable bonds is 4. The van der Waals surface area contributed by atoms with E-state index in [0.717, 1.165) is 32.4 Å². The number of benzene rings is 1. The molecule has 0 spiro atoms. The zero-order valence-electron chi connectivity index (χ0n) is 12.0. The summed E-state index contributed by atoms with van der Waals surface area (Å²) in [5, 5.41) is 0. The molecular formula is C16H22FNO. The zero-order valence-corrected chi connectivity index (χ0v) is 12.0. The Hall–Kier alpha value is -1.38. The van der Waals surface area contributed by atoms with Gasteiger partial charge in [-0.25, -0.2) is 4.39 Å². The van der Waals surface area contributed by atoms with Crippen LogP contribution in [-0.4, -0.2) is 18.9 Å². The third-order valence-electron chi connectivity index (χ3n) is 4.63. The van der Waals surface area contributed by atoms with Crippen molar-refractivity contribution in [2.45, 2.75) is 40.0 Å². The van der Waals surface area contributed by atoms with Crippen molar-refractivity contribution in [1.29, 1.82) is 0 Å². The highest BCUT2D eigenvalue weighted by Crippen LogP contribution is 2.39. The van der Waals surface area contributed by atoms with Crippen molar-refractivity contribution in [3.63, 3.8) is 0 Å². The molecule has 0 N–H and O–H groups in total. The molecule has 1 aromatic rings. The molecule has 1 saturated heterocycles. The van der Waals surface area contributed by atoms with E-state index in [1.165, 1.54) is 13.0 Å². The number of carbonyl (C=O) groups is 1. The number of ketones is 1. The maximum atomic E-state index is 14.1. The number of Topliss-reactive ketones (excluding diaryl/α,β-unsaturated/α-hetero) is 1. The first-order chi connectivity index (χ1) is 9.01. The van der Waals surface area contributed by atoms with E-state index in [9.17, 15) is 9.18 Å². The van der Waals surface area contributed by atoms with Crippen LogP contribution in [0.1, 0.15) is 50.4 Å². The Morgan fingerprint density at radius 3 is 2.53 bits per heavy atom. The van der Waals surface area contributed by atoms with Crippen molar-refractivity contribution in [2.75, 3.05) is 18.0 Å². The third-order valence-corrected chi connectivity index (χ3v) is 4.63. The Bertz CT molecular complexity index is 480. The summed E-state index contributed by atoms with van der Waals surface area (Å²) in [6, 6.07) is 4.82. The molecule has 1 aliphatic heterocycles. The van der Waals surface area contributed by atoms with Crippen molar-refractivity contribution in [2.24, 2.45) is 5.41 Å². The SMILES string of the molecule is CCC1(CC)CCN(c2ccc(C(C)=O)cc2F)C1. The molecule has 1 heterocycles. The highest BCUT2D eigenvalue weighted by atomic mass is 19.1. The Morgan fingerprint density at radius 2 is 2.05 bits per heavy atom. The summed E-state index contributed by atoms with van der Waals surface area (Å²) in [5.41, 5.74) is 1.40. The van der Waals surface area contributed by atoms with Crippen LogP contribution in [0.3, 0.4) is 0 Å². The van der Waals surface area contributed by atoms with Gasteiger partial charge in [0.2, 0.25) is 0 Å². The summed E-state index contributed by atoms with van der Waals surface area (Å²) in [6.45, 7) is 7.70. The number of hydrogen-bond acceptors (Lipinski definition) is 2. The molecule has 0 saturated carbocycles. The molecular weight excluding hydrogens is 241 g/mol. The van der Waals surface area contributed by atoms with E-state index in [4.69, 9.17) is 0 Å². The average Bonchev–Trinajstić information content (AvgIpc) is 2.83. The van der Waals surface area contributed by atoms with Crippen molar-refractivity contribution in [3.8, 4) is 0 Å². The van der Waals surface area contributed by atoms with Crippen LogP contribution in [0.25, 0.3) is 0 Å². The van der Waals surface area contributed by atoms with Gasteiger partial charge in [0.1, 0.15) is 5.82 Å². The van der Waals surface area contributed by atoms with E-state index in [2.05, 4.69) is 18.7 Å². The number of halogens is 1. The lowest BCUT2D eigenvalue weighted by Crippen LogP contribution is -2.26. The maximum absolute atomic E-state index is 14.1. The number of hydrogen-bond donors (Lipinski definition) is 0. The van der Waals surface area contributed by atoms with Crippen LogP contribution in [0.2, 0.25) is 0 Å². The van der Waals surface area contributed by atoms with Crippen molar-refractivity contribution >= 4 is 11.5 Å². The summed E-state index contributed by atoms with van der Waals surface area (Å²) in [5.74, 6) is -0.376. The Labute approximate surface area is 114 Å². The smallest absolute Gasteiger partial charge is 0.159 e. The summed E-state index contributed by atoms with van der Waals surface area (Å²) in [4.78, 5) is 13.4. The minimum absolute atomic E-state index is 0.0941. The van der Waals surface area contributed by atoms with Crippen LogP contribution in [0.15, 0.2) is 18.2 Å². The van der Waals surface area contributed by atoms with Gasteiger partial charge in [0.05, 0.1) is 5.69 Å². The zero-order chi connectivity index (χ0) is 14.0. The average molecular weight is 263 g/mol. The van der Waals surface area contributed by atoms with Crippen LogP contribution >= 0.6 is 0 Å². The molecule has 0 atom stereocenters. The van der Waals surface area contributed by atoms with E-state index in [1.54, 1.807) is 12.1 Å². The van der Waals surface area contributed by atoms with Crippen molar-refractivity contribution in [1.82, 2.24) is 0 Å².